The van der Waals surface area contributed by atoms with E-state index in [2.05, 4.69) is 15.6 Å². The van der Waals surface area contributed by atoms with E-state index in [1.54, 1.807) is 6.07 Å². The van der Waals surface area contributed by atoms with Gasteiger partial charge in [0.15, 0.2) is 5.01 Å². The zero-order chi connectivity index (χ0) is 16.0. The number of benzene rings is 1. The SMILES string of the molecule is Cc1nc(C(=O)NC2CC3CCC2N3)sc1-c1cccc(F)c1. The van der Waals surface area contributed by atoms with Gasteiger partial charge in [0.25, 0.3) is 5.91 Å². The van der Waals surface area contributed by atoms with E-state index >= 15 is 0 Å². The van der Waals surface area contributed by atoms with Crippen molar-refractivity contribution in [3.05, 3.63) is 40.8 Å². The van der Waals surface area contributed by atoms with Crippen molar-refractivity contribution in [2.75, 3.05) is 0 Å². The van der Waals surface area contributed by atoms with Crippen molar-refractivity contribution in [1.82, 2.24) is 15.6 Å². The lowest BCUT2D eigenvalue weighted by Gasteiger charge is -2.20. The molecule has 0 aliphatic carbocycles. The maximum Gasteiger partial charge on any atom is 0.280 e. The summed E-state index contributed by atoms with van der Waals surface area (Å²) < 4.78 is 13.4. The van der Waals surface area contributed by atoms with Gasteiger partial charge < -0.3 is 10.6 Å². The minimum Gasteiger partial charge on any atom is -0.346 e. The summed E-state index contributed by atoms with van der Waals surface area (Å²) in [6, 6.07) is 7.54. The first-order valence-corrected chi connectivity index (χ1v) is 8.72. The second kappa shape index (κ2) is 5.69. The van der Waals surface area contributed by atoms with Gasteiger partial charge in [-0.2, -0.15) is 0 Å². The Morgan fingerprint density at radius 1 is 1.43 bits per heavy atom. The van der Waals surface area contributed by atoms with Crippen LogP contribution >= 0.6 is 11.3 Å². The van der Waals surface area contributed by atoms with Gasteiger partial charge >= 0.3 is 0 Å². The molecule has 0 spiro atoms. The number of nitrogens with zero attached hydrogens (tertiary/aromatic N) is 1. The summed E-state index contributed by atoms with van der Waals surface area (Å²) in [4.78, 5) is 17.7. The van der Waals surface area contributed by atoms with Crippen LogP contribution < -0.4 is 10.6 Å². The topological polar surface area (TPSA) is 54.0 Å². The highest BCUT2D eigenvalue weighted by molar-refractivity contribution is 7.17. The van der Waals surface area contributed by atoms with Crippen LogP contribution in [-0.4, -0.2) is 29.0 Å². The molecule has 2 fully saturated rings. The number of thiazole rings is 1. The summed E-state index contributed by atoms with van der Waals surface area (Å²) >= 11 is 1.32. The van der Waals surface area contributed by atoms with Crippen LogP contribution in [0.1, 0.15) is 34.8 Å². The molecule has 1 aromatic heterocycles. The maximum absolute atomic E-state index is 13.4. The zero-order valence-corrected chi connectivity index (χ0v) is 13.6. The highest BCUT2D eigenvalue weighted by atomic mass is 32.1. The average Bonchev–Trinajstić information content (AvgIpc) is 3.22. The van der Waals surface area contributed by atoms with Crippen molar-refractivity contribution in [3.8, 4) is 10.4 Å². The lowest BCUT2D eigenvalue weighted by Crippen LogP contribution is -2.42. The summed E-state index contributed by atoms with van der Waals surface area (Å²) in [5.41, 5.74) is 1.53. The Morgan fingerprint density at radius 3 is 3.00 bits per heavy atom. The van der Waals surface area contributed by atoms with Gasteiger partial charge in [-0.1, -0.05) is 12.1 Å². The third kappa shape index (κ3) is 2.77. The summed E-state index contributed by atoms with van der Waals surface area (Å²) in [6.45, 7) is 1.85. The van der Waals surface area contributed by atoms with E-state index in [0.717, 1.165) is 29.0 Å². The lowest BCUT2D eigenvalue weighted by molar-refractivity contribution is 0.0930. The highest BCUT2D eigenvalue weighted by Crippen LogP contribution is 2.31. The van der Waals surface area contributed by atoms with Gasteiger partial charge in [0, 0.05) is 18.1 Å². The third-order valence-corrected chi connectivity index (χ3v) is 5.90. The Labute approximate surface area is 138 Å². The summed E-state index contributed by atoms with van der Waals surface area (Å²) in [5, 5.41) is 7.06. The summed E-state index contributed by atoms with van der Waals surface area (Å²) in [6.07, 6.45) is 3.33. The van der Waals surface area contributed by atoms with Crippen molar-refractivity contribution in [1.29, 1.82) is 0 Å². The molecule has 3 heterocycles. The quantitative estimate of drug-likeness (QED) is 0.909. The predicted molar refractivity (Wildman–Crippen MR) is 88.1 cm³/mol. The van der Waals surface area contributed by atoms with E-state index in [-0.39, 0.29) is 17.8 Å². The van der Waals surface area contributed by atoms with E-state index in [4.69, 9.17) is 0 Å². The van der Waals surface area contributed by atoms with Gasteiger partial charge in [0.05, 0.1) is 10.6 Å². The number of hydrogen-bond acceptors (Lipinski definition) is 4. The van der Waals surface area contributed by atoms with Gasteiger partial charge in [-0.25, -0.2) is 9.37 Å². The van der Waals surface area contributed by atoms with E-state index in [0.29, 0.717) is 17.1 Å². The van der Waals surface area contributed by atoms with Crippen LogP contribution in [0, 0.1) is 12.7 Å². The number of hydrogen-bond donors (Lipinski definition) is 2. The number of aryl methyl sites for hydroxylation is 1. The van der Waals surface area contributed by atoms with Crippen LogP contribution in [0.5, 0.6) is 0 Å². The van der Waals surface area contributed by atoms with Crippen molar-refractivity contribution >= 4 is 17.2 Å². The first kappa shape index (κ1) is 14.8. The molecule has 2 aromatic rings. The van der Waals surface area contributed by atoms with Gasteiger partial charge in [0.2, 0.25) is 0 Å². The van der Waals surface area contributed by atoms with Crippen LogP contribution in [0.3, 0.4) is 0 Å². The van der Waals surface area contributed by atoms with Crippen LogP contribution in [-0.2, 0) is 0 Å². The number of nitrogens with one attached hydrogen (secondary N) is 2. The molecular formula is C17H18FN3OS. The fourth-order valence-corrected chi connectivity index (χ4v) is 4.57. The molecule has 23 heavy (non-hydrogen) atoms. The number of rotatable bonds is 3. The lowest BCUT2D eigenvalue weighted by atomic mass is 9.95. The van der Waals surface area contributed by atoms with Crippen LogP contribution in [0.2, 0.25) is 0 Å². The Bertz CT molecular complexity index is 760. The second-order valence-electron chi connectivity index (χ2n) is 6.31. The molecule has 4 rings (SSSR count). The van der Waals surface area contributed by atoms with Crippen molar-refractivity contribution in [2.45, 2.75) is 44.3 Å². The molecule has 2 aliphatic heterocycles. The monoisotopic (exact) mass is 331 g/mol. The van der Waals surface area contributed by atoms with Gasteiger partial charge in [-0.15, -0.1) is 11.3 Å². The summed E-state index contributed by atoms with van der Waals surface area (Å²) in [7, 11) is 0. The number of carbonyl (C=O) groups excluding carboxylic acids is 1. The molecule has 0 saturated carbocycles. The molecule has 1 aromatic carbocycles. The minimum atomic E-state index is -0.283. The third-order valence-electron chi connectivity index (χ3n) is 4.69. The molecule has 2 aliphatic rings. The Balaban J connectivity index is 1.53. The molecule has 1 amide bonds. The molecule has 4 nitrogen and oxygen atoms in total. The van der Waals surface area contributed by atoms with E-state index in [1.807, 2.05) is 13.0 Å². The normalized spacial score (nSPS) is 25.7. The number of aromatic nitrogens is 1. The minimum absolute atomic E-state index is 0.125. The smallest absolute Gasteiger partial charge is 0.280 e. The Morgan fingerprint density at radius 2 is 2.30 bits per heavy atom. The average molecular weight is 331 g/mol. The van der Waals surface area contributed by atoms with E-state index in [9.17, 15) is 9.18 Å². The predicted octanol–water partition coefficient (Wildman–Crippen LogP) is 2.88. The standard InChI is InChI=1S/C17H18FN3OS/c1-9-15(10-3-2-4-11(18)7-10)23-17(19-9)16(22)21-14-8-12-5-6-13(14)20-12/h2-4,7,12-14,20H,5-6,8H2,1H3,(H,21,22). The number of fused-ring (bicyclic) bond motifs is 2. The number of carbonyl (C=O) groups is 1. The van der Waals surface area contributed by atoms with E-state index < -0.39 is 0 Å². The zero-order valence-electron chi connectivity index (χ0n) is 12.8. The van der Waals surface area contributed by atoms with Gasteiger partial charge in [0.1, 0.15) is 5.82 Å². The molecule has 3 unspecified atom stereocenters. The Kier molecular flexibility index (Phi) is 3.66. The first-order valence-electron chi connectivity index (χ1n) is 7.90. The van der Waals surface area contributed by atoms with E-state index in [1.165, 1.54) is 29.9 Å². The molecule has 2 N–H and O–H groups in total. The van der Waals surface area contributed by atoms with Gasteiger partial charge in [-0.05, 0) is 43.9 Å². The van der Waals surface area contributed by atoms with Crippen LogP contribution in [0.25, 0.3) is 10.4 Å². The van der Waals surface area contributed by atoms with Crippen molar-refractivity contribution in [3.63, 3.8) is 0 Å². The van der Waals surface area contributed by atoms with Crippen LogP contribution in [0.15, 0.2) is 24.3 Å². The summed E-state index contributed by atoms with van der Waals surface area (Å²) in [5.74, 6) is -0.408. The molecule has 2 bridgehead atoms. The first-order chi connectivity index (χ1) is 11.1. The molecule has 2 saturated heterocycles. The fraction of sp³-hybridized carbons (Fsp3) is 0.412. The van der Waals surface area contributed by atoms with Crippen molar-refractivity contribution in [2.24, 2.45) is 0 Å². The number of amides is 1. The van der Waals surface area contributed by atoms with Crippen LogP contribution in [0.4, 0.5) is 4.39 Å². The highest BCUT2D eigenvalue weighted by Gasteiger charge is 2.40. The largest absolute Gasteiger partial charge is 0.346 e. The molecular weight excluding hydrogens is 313 g/mol. The van der Waals surface area contributed by atoms with Crippen molar-refractivity contribution < 1.29 is 9.18 Å². The molecule has 0 radical (unpaired) electrons. The fourth-order valence-electron chi connectivity index (χ4n) is 3.60. The van der Waals surface area contributed by atoms with Gasteiger partial charge in [-0.3, -0.25) is 4.79 Å². The Hall–Kier alpha value is -1.79. The molecule has 6 heteroatoms. The number of halogens is 1. The maximum atomic E-state index is 13.4. The molecule has 120 valence electrons. The second-order valence-corrected chi connectivity index (χ2v) is 7.31. The molecule has 3 atom stereocenters.